The maximum atomic E-state index is 5.88. The highest BCUT2D eigenvalue weighted by molar-refractivity contribution is 5.37. The summed E-state index contributed by atoms with van der Waals surface area (Å²) in [5.74, 6) is 2.14. The fourth-order valence-electron chi connectivity index (χ4n) is 2.21. The van der Waals surface area contributed by atoms with Crippen LogP contribution in [-0.4, -0.2) is 12.1 Å². The first-order valence-electron chi connectivity index (χ1n) is 7.71. The summed E-state index contributed by atoms with van der Waals surface area (Å²) >= 11 is 0. The highest BCUT2D eigenvalue weighted by Crippen LogP contribution is 2.27. The first kappa shape index (κ1) is 15.9. The summed E-state index contributed by atoms with van der Waals surface area (Å²) in [6, 6.07) is 19.6. The van der Waals surface area contributed by atoms with Gasteiger partial charge in [-0.05, 0) is 23.3 Å². The molecule has 0 N–H and O–H groups in total. The van der Waals surface area contributed by atoms with Gasteiger partial charge in [-0.15, -0.1) is 0 Å². The fraction of sp³-hybridized carbons (Fsp3) is 0.150. The van der Waals surface area contributed by atoms with Crippen LogP contribution in [0.25, 0.3) is 0 Å². The number of hydrogen-bond donors (Lipinski definition) is 0. The first-order chi connectivity index (χ1) is 11.8. The predicted molar refractivity (Wildman–Crippen MR) is 92.3 cm³/mol. The average Bonchev–Trinajstić information content (AvgIpc) is 2.66. The Kier molecular flexibility index (Phi) is 5.30. The van der Waals surface area contributed by atoms with Crippen LogP contribution in [0.4, 0.5) is 0 Å². The Labute approximate surface area is 141 Å². The van der Waals surface area contributed by atoms with Crippen molar-refractivity contribution in [2.75, 3.05) is 7.11 Å². The minimum atomic E-state index is 0.454. The SMILES string of the molecule is COc1ccc(COc2ccncc2OCc2ccccc2)cc1. The molecule has 4 heteroatoms. The van der Waals surface area contributed by atoms with Crippen molar-refractivity contribution in [3.05, 3.63) is 84.2 Å². The van der Waals surface area contributed by atoms with Crippen molar-refractivity contribution < 1.29 is 14.2 Å². The molecule has 1 heterocycles. The molecule has 0 aliphatic heterocycles. The maximum absolute atomic E-state index is 5.88. The van der Waals surface area contributed by atoms with Crippen molar-refractivity contribution in [1.29, 1.82) is 0 Å². The summed E-state index contributed by atoms with van der Waals surface area (Å²) in [6.45, 7) is 0.932. The van der Waals surface area contributed by atoms with Crippen molar-refractivity contribution in [3.63, 3.8) is 0 Å². The molecule has 0 spiro atoms. The molecule has 122 valence electrons. The van der Waals surface area contributed by atoms with Crippen molar-refractivity contribution in [3.8, 4) is 17.2 Å². The van der Waals surface area contributed by atoms with E-state index in [9.17, 15) is 0 Å². The quantitative estimate of drug-likeness (QED) is 0.652. The molecule has 0 unspecified atom stereocenters. The lowest BCUT2D eigenvalue weighted by molar-refractivity contribution is 0.255. The molecular weight excluding hydrogens is 302 g/mol. The van der Waals surface area contributed by atoms with Crippen LogP contribution in [0.5, 0.6) is 17.2 Å². The van der Waals surface area contributed by atoms with E-state index < -0.39 is 0 Å². The molecule has 3 rings (SSSR count). The molecule has 0 bridgehead atoms. The minimum Gasteiger partial charge on any atom is -0.497 e. The second-order valence-corrected chi connectivity index (χ2v) is 5.23. The normalized spacial score (nSPS) is 10.2. The van der Waals surface area contributed by atoms with Gasteiger partial charge in [-0.1, -0.05) is 42.5 Å². The molecule has 0 aliphatic rings. The van der Waals surface area contributed by atoms with E-state index in [0.717, 1.165) is 16.9 Å². The molecule has 2 aromatic carbocycles. The van der Waals surface area contributed by atoms with Gasteiger partial charge in [0.1, 0.15) is 19.0 Å². The van der Waals surface area contributed by atoms with Crippen LogP contribution in [0.1, 0.15) is 11.1 Å². The minimum absolute atomic E-state index is 0.454. The topological polar surface area (TPSA) is 40.6 Å². The summed E-state index contributed by atoms with van der Waals surface area (Å²) in [5, 5.41) is 0. The Balaban J connectivity index is 1.63. The van der Waals surface area contributed by atoms with Gasteiger partial charge in [0.05, 0.1) is 13.3 Å². The fourth-order valence-corrected chi connectivity index (χ4v) is 2.21. The Hall–Kier alpha value is -3.01. The molecule has 1 aromatic heterocycles. The summed E-state index contributed by atoms with van der Waals surface area (Å²) in [4.78, 5) is 4.11. The van der Waals surface area contributed by atoms with Gasteiger partial charge in [0.25, 0.3) is 0 Å². The lowest BCUT2D eigenvalue weighted by atomic mass is 10.2. The van der Waals surface area contributed by atoms with E-state index in [0.29, 0.717) is 24.7 Å². The lowest BCUT2D eigenvalue weighted by Gasteiger charge is -2.12. The van der Waals surface area contributed by atoms with Crippen LogP contribution in [-0.2, 0) is 13.2 Å². The van der Waals surface area contributed by atoms with Gasteiger partial charge < -0.3 is 14.2 Å². The molecule has 0 atom stereocenters. The highest BCUT2D eigenvalue weighted by Gasteiger charge is 2.06. The Bertz CT molecular complexity index is 757. The summed E-state index contributed by atoms with van der Waals surface area (Å²) < 4.78 is 16.9. The van der Waals surface area contributed by atoms with E-state index in [1.807, 2.05) is 60.7 Å². The number of hydrogen-bond acceptors (Lipinski definition) is 4. The Morgan fingerprint density at radius 1 is 0.750 bits per heavy atom. The average molecular weight is 321 g/mol. The zero-order valence-corrected chi connectivity index (χ0v) is 13.5. The van der Waals surface area contributed by atoms with Crippen LogP contribution in [0.3, 0.4) is 0 Å². The van der Waals surface area contributed by atoms with E-state index >= 15 is 0 Å². The van der Waals surface area contributed by atoms with Crippen molar-refractivity contribution in [2.24, 2.45) is 0 Å². The largest absolute Gasteiger partial charge is 0.497 e. The Morgan fingerprint density at radius 2 is 1.42 bits per heavy atom. The van der Waals surface area contributed by atoms with Crippen LogP contribution < -0.4 is 14.2 Å². The summed E-state index contributed by atoms with van der Waals surface area (Å²) in [5.41, 5.74) is 2.16. The van der Waals surface area contributed by atoms with Gasteiger partial charge in [0.15, 0.2) is 11.5 Å². The van der Waals surface area contributed by atoms with E-state index in [1.54, 1.807) is 19.5 Å². The second kappa shape index (κ2) is 8.02. The van der Waals surface area contributed by atoms with Crippen LogP contribution in [0.15, 0.2) is 73.1 Å². The smallest absolute Gasteiger partial charge is 0.179 e. The van der Waals surface area contributed by atoms with Gasteiger partial charge in [0.2, 0.25) is 0 Å². The van der Waals surface area contributed by atoms with Crippen molar-refractivity contribution in [1.82, 2.24) is 4.98 Å². The van der Waals surface area contributed by atoms with E-state index in [4.69, 9.17) is 14.2 Å². The molecule has 4 nitrogen and oxygen atoms in total. The lowest BCUT2D eigenvalue weighted by Crippen LogP contribution is -2.01. The van der Waals surface area contributed by atoms with Gasteiger partial charge >= 0.3 is 0 Å². The van der Waals surface area contributed by atoms with Gasteiger partial charge in [0, 0.05) is 12.3 Å². The van der Waals surface area contributed by atoms with E-state index in [2.05, 4.69) is 4.98 Å². The van der Waals surface area contributed by atoms with Crippen LogP contribution >= 0.6 is 0 Å². The number of rotatable bonds is 7. The zero-order valence-electron chi connectivity index (χ0n) is 13.5. The molecule has 24 heavy (non-hydrogen) atoms. The van der Waals surface area contributed by atoms with Crippen molar-refractivity contribution in [2.45, 2.75) is 13.2 Å². The molecule has 3 aromatic rings. The van der Waals surface area contributed by atoms with E-state index in [-0.39, 0.29) is 0 Å². The highest BCUT2D eigenvalue weighted by atomic mass is 16.5. The molecule has 0 radical (unpaired) electrons. The molecular formula is C20H19NO3. The number of nitrogens with zero attached hydrogens (tertiary/aromatic N) is 1. The third kappa shape index (κ3) is 4.26. The first-order valence-corrected chi connectivity index (χ1v) is 7.71. The molecule has 0 saturated carbocycles. The number of ether oxygens (including phenoxy) is 3. The second-order valence-electron chi connectivity index (χ2n) is 5.23. The van der Waals surface area contributed by atoms with Crippen molar-refractivity contribution >= 4 is 0 Å². The molecule has 0 fully saturated rings. The van der Waals surface area contributed by atoms with Gasteiger partial charge in [-0.25, -0.2) is 0 Å². The standard InChI is InChI=1S/C20H19NO3/c1-22-18-9-7-17(8-10-18)15-23-19-11-12-21-13-20(19)24-14-16-5-3-2-4-6-16/h2-13H,14-15H2,1H3. The van der Waals surface area contributed by atoms with Gasteiger partial charge in [-0.3, -0.25) is 4.98 Å². The number of methoxy groups -OCH3 is 1. The number of aromatic nitrogens is 1. The molecule has 0 amide bonds. The predicted octanol–water partition coefficient (Wildman–Crippen LogP) is 4.25. The van der Waals surface area contributed by atoms with Crippen LogP contribution in [0, 0.1) is 0 Å². The van der Waals surface area contributed by atoms with Crippen LogP contribution in [0.2, 0.25) is 0 Å². The van der Waals surface area contributed by atoms with Gasteiger partial charge in [-0.2, -0.15) is 0 Å². The monoisotopic (exact) mass is 321 g/mol. The molecule has 0 saturated heterocycles. The third-order valence-electron chi connectivity index (χ3n) is 3.54. The zero-order chi connectivity index (χ0) is 16.6. The third-order valence-corrected chi connectivity index (χ3v) is 3.54. The number of pyridine rings is 1. The molecule has 0 aliphatic carbocycles. The maximum Gasteiger partial charge on any atom is 0.179 e. The van der Waals surface area contributed by atoms with E-state index in [1.165, 1.54) is 0 Å². The summed E-state index contributed by atoms with van der Waals surface area (Å²) in [6.07, 6.45) is 3.37. The number of benzene rings is 2. The summed E-state index contributed by atoms with van der Waals surface area (Å²) in [7, 11) is 1.65. The Morgan fingerprint density at radius 3 is 2.12 bits per heavy atom.